The fraction of sp³-hybridized carbons (Fsp3) is 0.320. The largest absolute Gasteiger partial charge is 0.491 e. The number of carbonyl (C=O) groups is 1. The number of fused-ring (bicyclic) bond motifs is 3. The molecule has 30 heavy (non-hydrogen) atoms. The van der Waals surface area contributed by atoms with Gasteiger partial charge in [0.25, 0.3) is 0 Å². The van der Waals surface area contributed by atoms with Gasteiger partial charge in [0.15, 0.2) is 11.2 Å². The van der Waals surface area contributed by atoms with Crippen LogP contribution in [0, 0.1) is 28.1 Å². The number of hydrogen-bond acceptors (Lipinski definition) is 5. The molecule has 0 aromatic heterocycles. The Morgan fingerprint density at radius 3 is 2.37 bits per heavy atom. The van der Waals surface area contributed by atoms with Crippen LogP contribution >= 0.6 is 0 Å². The number of benzene rings is 2. The number of ether oxygens (including phenoxy) is 1. The van der Waals surface area contributed by atoms with Crippen LogP contribution in [0.2, 0.25) is 0 Å². The van der Waals surface area contributed by atoms with Crippen LogP contribution < -0.4 is 4.74 Å². The highest BCUT2D eigenvalue weighted by Crippen LogP contribution is 2.59. The number of nitrogens with zero attached hydrogens (tertiary/aromatic N) is 3. The fourth-order valence-corrected chi connectivity index (χ4v) is 4.85. The van der Waals surface area contributed by atoms with E-state index >= 15 is 0 Å². The summed E-state index contributed by atoms with van der Waals surface area (Å²) in [6.45, 7) is 5.44. The highest BCUT2D eigenvalue weighted by atomic mass is 16.5. The standard InChI is InChI=1S/C25H23N3O2/c1-16(2)30-20-10-8-19(9-11-20)22-23(17(3)29)28-13-12-18-6-4-5-7-21(18)24(28)25(22,14-26)15-27/h4-13,16,22-24H,1-3H3. The second-order valence-corrected chi connectivity index (χ2v) is 8.16. The van der Waals surface area contributed by atoms with Gasteiger partial charge < -0.3 is 9.64 Å². The Bertz CT molecular complexity index is 1070. The van der Waals surface area contributed by atoms with Crippen molar-refractivity contribution in [3.8, 4) is 17.9 Å². The van der Waals surface area contributed by atoms with Crippen molar-refractivity contribution in [1.29, 1.82) is 10.5 Å². The quantitative estimate of drug-likeness (QED) is 0.754. The van der Waals surface area contributed by atoms with Gasteiger partial charge in [-0.15, -0.1) is 0 Å². The lowest BCUT2D eigenvalue weighted by Crippen LogP contribution is -2.36. The molecule has 5 heteroatoms. The summed E-state index contributed by atoms with van der Waals surface area (Å²) in [5.74, 6) is 0.0661. The van der Waals surface area contributed by atoms with E-state index in [0.29, 0.717) is 5.75 Å². The Balaban J connectivity index is 1.89. The summed E-state index contributed by atoms with van der Waals surface area (Å²) in [4.78, 5) is 14.7. The third-order valence-electron chi connectivity index (χ3n) is 5.97. The van der Waals surface area contributed by atoms with Gasteiger partial charge in [-0.25, -0.2) is 0 Å². The molecule has 2 aliphatic heterocycles. The van der Waals surface area contributed by atoms with Gasteiger partial charge in [0.2, 0.25) is 0 Å². The molecule has 3 unspecified atom stereocenters. The summed E-state index contributed by atoms with van der Waals surface area (Å²) < 4.78 is 5.73. The van der Waals surface area contributed by atoms with Crippen molar-refractivity contribution in [3.05, 3.63) is 71.4 Å². The van der Waals surface area contributed by atoms with Crippen LogP contribution in [0.5, 0.6) is 5.75 Å². The fourth-order valence-electron chi connectivity index (χ4n) is 4.85. The summed E-state index contributed by atoms with van der Waals surface area (Å²) >= 11 is 0. The monoisotopic (exact) mass is 397 g/mol. The number of rotatable bonds is 4. The highest BCUT2D eigenvalue weighted by Gasteiger charge is 2.63. The van der Waals surface area contributed by atoms with E-state index in [0.717, 1.165) is 16.7 Å². The van der Waals surface area contributed by atoms with Gasteiger partial charge in [0.1, 0.15) is 5.75 Å². The predicted molar refractivity (Wildman–Crippen MR) is 113 cm³/mol. The Morgan fingerprint density at radius 1 is 1.10 bits per heavy atom. The summed E-state index contributed by atoms with van der Waals surface area (Å²) in [5.41, 5.74) is 1.25. The minimum Gasteiger partial charge on any atom is -0.491 e. The van der Waals surface area contributed by atoms with Crippen LogP contribution in [0.4, 0.5) is 0 Å². The zero-order valence-electron chi connectivity index (χ0n) is 17.2. The van der Waals surface area contributed by atoms with Crippen LogP contribution in [0.3, 0.4) is 0 Å². The first-order chi connectivity index (χ1) is 14.4. The lowest BCUT2D eigenvalue weighted by molar-refractivity contribution is -0.121. The van der Waals surface area contributed by atoms with E-state index in [1.807, 2.05) is 79.6 Å². The molecular weight excluding hydrogens is 374 g/mol. The molecule has 2 aromatic carbocycles. The molecular formula is C25H23N3O2. The first kappa shape index (κ1) is 19.7. The van der Waals surface area contributed by atoms with Crippen molar-refractivity contribution in [3.63, 3.8) is 0 Å². The minimum absolute atomic E-state index is 0.0419. The molecule has 0 N–H and O–H groups in total. The molecule has 1 fully saturated rings. The van der Waals surface area contributed by atoms with Crippen molar-refractivity contribution >= 4 is 11.9 Å². The van der Waals surface area contributed by atoms with Gasteiger partial charge in [-0.05, 0) is 55.7 Å². The topological polar surface area (TPSA) is 77.1 Å². The van der Waals surface area contributed by atoms with E-state index in [1.165, 1.54) is 6.92 Å². The summed E-state index contributed by atoms with van der Waals surface area (Å²) in [7, 11) is 0. The maximum absolute atomic E-state index is 12.8. The number of carbonyl (C=O) groups excluding carboxylic acids is 1. The SMILES string of the molecule is CC(=O)C1C(c2ccc(OC(C)C)cc2)C(C#N)(C#N)C2c3ccccc3C=CN12. The predicted octanol–water partition coefficient (Wildman–Crippen LogP) is 4.59. The van der Waals surface area contributed by atoms with Gasteiger partial charge in [-0.2, -0.15) is 10.5 Å². The molecule has 0 saturated carbocycles. The first-order valence-corrected chi connectivity index (χ1v) is 10.1. The van der Waals surface area contributed by atoms with Gasteiger partial charge in [0.05, 0.1) is 30.3 Å². The highest BCUT2D eigenvalue weighted by molar-refractivity contribution is 5.85. The van der Waals surface area contributed by atoms with Crippen LogP contribution in [-0.4, -0.2) is 22.8 Å². The van der Waals surface area contributed by atoms with Crippen LogP contribution in [0.25, 0.3) is 6.08 Å². The lowest BCUT2D eigenvalue weighted by Gasteiger charge is -2.34. The Morgan fingerprint density at radius 2 is 1.77 bits per heavy atom. The zero-order chi connectivity index (χ0) is 21.5. The van der Waals surface area contributed by atoms with Crippen molar-refractivity contribution in [2.24, 2.45) is 5.41 Å². The second-order valence-electron chi connectivity index (χ2n) is 8.16. The van der Waals surface area contributed by atoms with Crippen molar-refractivity contribution in [1.82, 2.24) is 4.90 Å². The average molecular weight is 397 g/mol. The number of nitriles is 2. The van der Waals surface area contributed by atoms with Crippen LogP contribution in [0.15, 0.2) is 54.7 Å². The lowest BCUT2D eigenvalue weighted by atomic mass is 9.68. The molecule has 2 aliphatic rings. The van der Waals surface area contributed by atoms with Crippen LogP contribution in [0.1, 0.15) is 49.4 Å². The Hall–Kier alpha value is -3.57. The van der Waals surface area contributed by atoms with Crippen molar-refractivity contribution < 1.29 is 9.53 Å². The van der Waals surface area contributed by atoms with Gasteiger partial charge in [0, 0.05) is 12.1 Å². The normalized spacial score (nSPS) is 23.3. The van der Waals surface area contributed by atoms with Crippen LogP contribution in [-0.2, 0) is 4.79 Å². The Kier molecular flexibility index (Phi) is 4.84. The van der Waals surface area contributed by atoms with Crippen molar-refractivity contribution in [2.45, 2.75) is 44.9 Å². The van der Waals surface area contributed by atoms with Crippen molar-refractivity contribution in [2.75, 3.05) is 0 Å². The molecule has 0 bridgehead atoms. The van der Waals surface area contributed by atoms with E-state index in [9.17, 15) is 15.3 Å². The molecule has 0 radical (unpaired) electrons. The summed E-state index contributed by atoms with van der Waals surface area (Å²) in [6.07, 6.45) is 3.85. The maximum atomic E-state index is 12.8. The van der Waals surface area contributed by atoms with Gasteiger partial charge >= 0.3 is 0 Å². The smallest absolute Gasteiger partial charge is 0.177 e. The minimum atomic E-state index is -1.41. The number of hydrogen-bond donors (Lipinski definition) is 0. The van der Waals surface area contributed by atoms with E-state index in [4.69, 9.17) is 4.74 Å². The summed E-state index contributed by atoms with van der Waals surface area (Å²) in [5, 5.41) is 20.7. The van der Waals surface area contributed by atoms with Gasteiger partial charge in [-0.1, -0.05) is 36.4 Å². The van der Waals surface area contributed by atoms with E-state index in [1.54, 1.807) is 0 Å². The molecule has 2 heterocycles. The number of Topliss-reactive ketones (excluding diaryl/α,β-unsaturated/α-hetero) is 1. The maximum Gasteiger partial charge on any atom is 0.177 e. The summed E-state index contributed by atoms with van der Waals surface area (Å²) in [6, 6.07) is 18.7. The molecule has 3 atom stereocenters. The molecule has 2 aromatic rings. The van der Waals surface area contributed by atoms with Gasteiger partial charge in [-0.3, -0.25) is 4.79 Å². The zero-order valence-corrected chi connectivity index (χ0v) is 17.2. The molecule has 4 rings (SSSR count). The molecule has 150 valence electrons. The van der Waals surface area contributed by atoms with E-state index in [2.05, 4.69) is 12.1 Å². The molecule has 1 saturated heterocycles. The molecule has 0 aliphatic carbocycles. The average Bonchev–Trinajstić information content (AvgIpc) is 3.05. The third-order valence-corrected chi connectivity index (χ3v) is 5.97. The molecule has 5 nitrogen and oxygen atoms in total. The third kappa shape index (κ3) is 2.86. The molecule has 0 spiro atoms. The first-order valence-electron chi connectivity index (χ1n) is 10.1. The number of ketones is 1. The van der Waals surface area contributed by atoms with E-state index in [-0.39, 0.29) is 11.9 Å². The molecule has 0 amide bonds. The van der Waals surface area contributed by atoms with E-state index < -0.39 is 23.4 Å². The Labute approximate surface area is 176 Å². The second kappa shape index (κ2) is 7.35.